The summed E-state index contributed by atoms with van der Waals surface area (Å²) in [5, 5.41) is 2.62. The molecule has 0 saturated carbocycles. The van der Waals surface area contributed by atoms with Gasteiger partial charge in [0.15, 0.2) is 17.3 Å². The Labute approximate surface area is 404 Å². The zero-order valence-electron chi connectivity index (χ0n) is 40.4. The second-order valence-corrected chi connectivity index (χ2v) is 26.0. The molecule has 0 unspecified atom stereocenters. The van der Waals surface area contributed by atoms with E-state index in [4.69, 9.17) is 18.2 Å². The summed E-state index contributed by atoms with van der Waals surface area (Å²) in [6, 6.07) is 47.1. The predicted molar refractivity (Wildman–Crippen MR) is 278 cm³/mol. The van der Waals surface area contributed by atoms with Crippen LogP contribution < -0.4 is 0 Å². The van der Waals surface area contributed by atoms with Crippen molar-refractivity contribution in [3.8, 4) is 22.3 Å². The summed E-state index contributed by atoms with van der Waals surface area (Å²) >= 11 is 0. The normalized spacial score (nSPS) is 12.7. The largest absolute Gasteiger partial charge is 0.308 e. The van der Waals surface area contributed by atoms with Crippen LogP contribution in [0.2, 0.25) is 0 Å². The van der Waals surface area contributed by atoms with Crippen molar-refractivity contribution >= 4 is 47.4 Å². The number of benzene rings is 7. The van der Waals surface area contributed by atoms with Crippen molar-refractivity contribution in [3.05, 3.63) is 203 Å². The molecule has 7 aromatic carbocycles. The number of rotatable bonds is 9. The van der Waals surface area contributed by atoms with Crippen LogP contribution in [0.4, 0.5) is 8.78 Å². The van der Waals surface area contributed by atoms with Crippen LogP contribution >= 0.6 is 0 Å². The fourth-order valence-electron chi connectivity index (χ4n) is 7.54. The number of carbonyl (C=O) groups is 3. The number of Topliss-reactive ketones (excluding diaryl/α,β-unsaturated/α-hetero) is 1. The summed E-state index contributed by atoms with van der Waals surface area (Å²) in [7, 11) is -8.54. The topological polar surface area (TPSA) is 166 Å². The van der Waals surface area contributed by atoms with Gasteiger partial charge in [-0.2, -0.15) is 0 Å². The lowest BCUT2D eigenvalue weighted by Gasteiger charge is -2.32. The summed E-state index contributed by atoms with van der Waals surface area (Å²) in [4.78, 5) is 38.0. The van der Waals surface area contributed by atoms with Crippen molar-refractivity contribution < 1.29 is 49.8 Å². The third kappa shape index (κ3) is 19.4. The minimum absolute atomic E-state index is 0.0792. The van der Waals surface area contributed by atoms with E-state index < -0.39 is 30.9 Å². The molecular formula is C56H62F2O9S2. The lowest BCUT2D eigenvalue weighted by Crippen LogP contribution is -2.39. The maximum Gasteiger partial charge on any atom is 0.193 e. The summed E-state index contributed by atoms with van der Waals surface area (Å²) in [6.45, 7) is 12.3. The van der Waals surface area contributed by atoms with Gasteiger partial charge in [0.25, 0.3) is 0 Å². The van der Waals surface area contributed by atoms with Crippen LogP contribution in [-0.2, 0) is 19.3 Å². The van der Waals surface area contributed by atoms with Gasteiger partial charge in [0.1, 0.15) is 11.6 Å². The van der Waals surface area contributed by atoms with Gasteiger partial charge < -0.3 is 18.2 Å². The van der Waals surface area contributed by atoms with Crippen LogP contribution in [0.5, 0.6) is 0 Å². The molecule has 4 N–H and O–H groups in total. The van der Waals surface area contributed by atoms with Crippen molar-refractivity contribution in [2.45, 2.75) is 48.5 Å². The molecule has 9 nitrogen and oxygen atoms in total. The standard InChI is InChI=1S/C34H22F2O3.C10H8.2C6H16O3S/c1-21(37)32-20-28(22-2-6-24(7-3-22)33(38)26-10-15-29(35)16-11-26)14-19-31(32)23-4-8-25(9-5-23)34(39)27-12-17-30(36)18-13-27;1-2-6-10-8-4-3-7-9(10)5-1;2*1-6(2,3)5-10(4,7,8)9/h2-20H,1H3;1-8H;2*5H2,1-4H3,(H2,7,8,9). The third-order valence-corrected chi connectivity index (χ3v) is 12.8. The molecule has 0 saturated heterocycles. The van der Waals surface area contributed by atoms with Gasteiger partial charge in [0.2, 0.25) is 0 Å². The highest BCUT2D eigenvalue weighted by atomic mass is 32.3. The van der Waals surface area contributed by atoms with Gasteiger partial charge in [0, 0.05) is 40.3 Å². The zero-order chi connectivity index (χ0) is 51.6. The molecule has 366 valence electrons. The van der Waals surface area contributed by atoms with Gasteiger partial charge in [-0.05, 0) is 105 Å². The summed E-state index contributed by atoms with van der Waals surface area (Å²) in [5.74, 6) is -1.50. The van der Waals surface area contributed by atoms with Gasteiger partial charge in [-0.15, -0.1) is 0 Å². The monoisotopic (exact) mass is 980 g/mol. The highest BCUT2D eigenvalue weighted by Crippen LogP contribution is 2.31. The van der Waals surface area contributed by atoms with E-state index in [9.17, 15) is 31.6 Å². The quantitative estimate of drug-likeness (QED) is 0.103. The highest BCUT2D eigenvalue weighted by molar-refractivity contribution is 8.09. The molecule has 0 aliphatic carbocycles. The zero-order valence-corrected chi connectivity index (χ0v) is 42.0. The van der Waals surface area contributed by atoms with Gasteiger partial charge in [-0.3, -0.25) is 14.4 Å². The summed E-state index contributed by atoms with van der Waals surface area (Å²) in [5.41, 5.74) is 4.78. The van der Waals surface area contributed by atoms with Crippen molar-refractivity contribution in [2.75, 3.05) is 24.0 Å². The van der Waals surface area contributed by atoms with Crippen LogP contribution in [0.1, 0.15) is 90.7 Å². The minimum Gasteiger partial charge on any atom is -0.308 e. The Morgan fingerprint density at radius 2 is 0.739 bits per heavy atom. The van der Waals surface area contributed by atoms with Gasteiger partial charge in [-0.25, -0.2) is 17.2 Å². The third-order valence-electron chi connectivity index (χ3n) is 9.74. The van der Waals surface area contributed by atoms with Crippen molar-refractivity contribution in [1.29, 1.82) is 0 Å². The van der Waals surface area contributed by atoms with Crippen LogP contribution in [0.15, 0.2) is 164 Å². The fourth-order valence-corrected chi connectivity index (χ4v) is 11.5. The predicted octanol–water partition coefficient (Wildman–Crippen LogP) is 13.7. The molecule has 0 aromatic heterocycles. The molecule has 0 radical (unpaired) electrons. The molecule has 0 bridgehead atoms. The Balaban J connectivity index is 0.000000277. The van der Waals surface area contributed by atoms with Crippen molar-refractivity contribution in [1.82, 2.24) is 0 Å². The molecule has 0 aliphatic rings. The minimum atomic E-state index is -4.27. The molecule has 0 spiro atoms. The Hall–Kier alpha value is -6.19. The van der Waals surface area contributed by atoms with Crippen LogP contribution in [0.25, 0.3) is 33.0 Å². The molecule has 7 rings (SSSR count). The second-order valence-electron chi connectivity index (χ2n) is 19.8. The smallest absolute Gasteiger partial charge is 0.193 e. The first-order chi connectivity index (χ1) is 31.7. The average Bonchev–Trinajstić information content (AvgIpc) is 3.24. The van der Waals surface area contributed by atoms with Crippen molar-refractivity contribution in [3.63, 3.8) is 0 Å². The average molecular weight is 981 g/mol. The molecule has 0 fully saturated rings. The van der Waals surface area contributed by atoms with Crippen LogP contribution in [0, 0.1) is 22.5 Å². The van der Waals surface area contributed by atoms with Crippen LogP contribution in [0.3, 0.4) is 0 Å². The summed E-state index contributed by atoms with van der Waals surface area (Å²) < 4.78 is 83.9. The van der Waals surface area contributed by atoms with Gasteiger partial charge in [-0.1, -0.05) is 151 Å². The SMILES string of the molecule is CC(=O)c1cc(-c2ccc(C(=O)c3ccc(F)cc3)cc2)ccc1-c1ccc(C(=O)c2ccc(F)cc2)cc1.CC(C)(C)CS(C)(=O)(O)O.CC(C)(C)CS(C)(=O)(O)O.c1ccc2ccccc2c1. The number of hydrogen-bond donors (Lipinski definition) is 4. The molecule has 0 heterocycles. The van der Waals surface area contributed by atoms with Crippen LogP contribution in [-0.4, -0.2) is 68.0 Å². The first kappa shape index (κ1) is 55.4. The fraction of sp³-hybridized carbons (Fsp3) is 0.232. The van der Waals surface area contributed by atoms with E-state index in [-0.39, 0.29) is 39.7 Å². The molecule has 69 heavy (non-hydrogen) atoms. The van der Waals surface area contributed by atoms with E-state index in [1.54, 1.807) is 77.9 Å². The first-order valence-corrected chi connectivity index (χ1v) is 26.7. The molecule has 0 aliphatic heterocycles. The molecule has 7 aromatic rings. The highest BCUT2D eigenvalue weighted by Gasteiger charge is 2.30. The Bertz CT molecular complexity index is 2920. The number of halogens is 2. The van der Waals surface area contributed by atoms with E-state index in [1.165, 1.54) is 66.2 Å². The lowest BCUT2D eigenvalue weighted by atomic mass is 9.91. The number of fused-ring (bicyclic) bond motifs is 1. The molecule has 0 atom stereocenters. The first-order valence-electron chi connectivity index (χ1n) is 21.8. The van der Waals surface area contributed by atoms with Crippen molar-refractivity contribution in [2.24, 2.45) is 10.8 Å². The molecule has 0 amide bonds. The van der Waals surface area contributed by atoms with E-state index in [0.717, 1.165) is 34.8 Å². The Morgan fingerprint density at radius 3 is 1.01 bits per heavy atom. The number of hydrogen-bond acceptors (Lipinski definition) is 5. The van der Waals surface area contributed by atoms with Gasteiger partial charge in [0.05, 0.1) is 30.8 Å². The Kier molecular flexibility index (Phi) is 17.4. The maximum atomic E-state index is 13.2. The second kappa shape index (κ2) is 21.6. The van der Waals surface area contributed by atoms with E-state index in [0.29, 0.717) is 27.8 Å². The molecular weight excluding hydrogens is 919 g/mol. The Morgan fingerprint density at radius 1 is 0.449 bits per heavy atom. The summed E-state index contributed by atoms with van der Waals surface area (Å²) in [6.07, 6.45) is 1.95. The number of ketones is 3. The van der Waals surface area contributed by atoms with Gasteiger partial charge >= 0.3 is 0 Å². The van der Waals surface area contributed by atoms with E-state index in [1.807, 2.05) is 30.3 Å². The number of carbonyl (C=O) groups excluding carboxylic acids is 3. The van der Waals surface area contributed by atoms with E-state index >= 15 is 0 Å². The van der Waals surface area contributed by atoms with E-state index in [2.05, 4.69) is 48.5 Å². The maximum absolute atomic E-state index is 13.2. The molecule has 13 heteroatoms. The lowest BCUT2D eigenvalue weighted by molar-refractivity contribution is 0.101.